The van der Waals surface area contributed by atoms with Gasteiger partial charge in [0.2, 0.25) is 5.79 Å². The lowest BCUT2D eigenvalue weighted by atomic mass is 9.49. The monoisotopic (exact) mass is 673 g/mol. The lowest BCUT2D eigenvalue weighted by Gasteiger charge is -2.65. The third-order valence-corrected chi connectivity index (χ3v) is 14.8. The van der Waals surface area contributed by atoms with Crippen LogP contribution in [0.15, 0.2) is 18.2 Å². The van der Waals surface area contributed by atoms with Crippen molar-refractivity contribution in [1.82, 2.24) is 4.90 Å². The predicted octanol–water partition coefficient (Wildman–Crippen LogP) is 1.21. The van der Waals surface area contributed by atoms with E-state index >= 15 is 0 Å². The summed E-state index contributed by atoms with van der Waals surface area (Å²) in [4.78, 5) is 15.7. The molecule has 0 amide bonds. The van der Waals surface area contributed by atoms with E-state index in [1.54, 1.807) is 19.1 Å². The van der Waals surface area contributed by atoms with E-state index in [-0.39, 0.29) is 24.4 Å². The van der Waals surface area contributed by atoms with E-state index in [1.807, 2.05) is 6.92 Å². The minimum Gasteiger partial charge on any atom is -0.493 e. The third kappa shape index (κ3) is 3.76. The topological polar surface area (TPSA) is 179 Å². The Morgan fingerprint density at radius 3 is 2.35 bits per heavy atom. The summed E-state index contributed by atoms with van der Waals surface area (Å²) in [6, 6.07) is 4.43. The average Bonchev–Trinajstić information content (AvgIpc) is 3.23. The second-order valence-electron chi connectivity index (χ2n) is 16.7. The van der Waals surface area contributed by atoms with Gasteiger partial charge >= 0.3 is 5.97 Å². The Morgan fingerprint density at radius 1 is 0.938 bits per heavy atom. The van der Waals surface area contributed by atoms with Crippen molar-refractivity contribution in [2.75, 3.05) is 27.3 Å². The third-order valence-electron chi connectivity index (χ3n) is 14.8. The first-order valence-corrected chi connectivity index (χ1v) is 17.7. The predicted molar refractivity (Wildman–Crippen MR) is 169 cm³/mol. The van der Waals surface area contributed by atoms with E-state index in [9.17, 15) is 35.4 Å². The number of hydrogen-bond acceptors (Lipinski definition) is 12. The molecule has 1 spiro atoms. The molecule has 1 aromatic carbocycles. The van der Waals surface area contributed by atoms with E-state index in [1.165, 1.54) is 20.3 Å². The van der Waals surface area contributed by atoms with Gasteiger partial charge in [0.15, 0.2) is 17.6 Å². The molecular formula is C36H51NO11. The van der Waals surface area contributed by atoms with Gasteiger partial charge in [0.05, 0.1) is 37.1 Å². The van der Waals surface area contributed by atoms with Gasteiger partial charge in [-0.2, -0.15) is 0 Å². The number of fused-ring (bicyclic) bond motifs is 5. The molecule has 7 fully saturated rings. The number of hydrogen-bond donors (Lipinski definition) is 6. The zero-order valence-electron chi connectivity index (χ0n) is 28.5. The summed E-state index contributed by atoms with van der Waals surface area (Å²) in [5.41, 5.74) is -7.40. The highest BCUT2D eigenvalue weighted by atomic mass is 16.7. The molecule has 0 radical (unpaired) electrons. The summed E-state index contributed by atoms with van der Waals surface area (Å²) in [6.07, 6.45) is -1.25. The Hall–Kier alpha value is -2.03. The zero-order chi connectivity index (χ0) is 34.4. The van der Waals surface area contributed by atoms with Crippen LogP contribution in [-0.4, -0.2) is 121 Å². The van der Waals surface area contributed by atoms with Crippen molar-refractivity contribution < 1.29 is 54.4 Å². The molecule has 1 aromatic rings. The van der Waals surface area contributed by atoms with Gasteiger partial charge in [-0.15, -0.1) is 0 Å². The summed E-state index contributed by atoms with van der Waals surface area (Å²) >= 11 is 0. The Morgan fingerprint density at radius 2 is 1.65 bits per heavy atom. The number of methoxy groups -OCH3 is 2. The van der Waals surface area contributed by atoms with Crippen molar-refractivity contribution in [3.63, 3.8) is 0 Å². The van der Waals surface area contributed by atoms with Crippen molar-refractivity contribution in [2.24, 2.45) is 35.0 Å². The fourth-order valence-electron chi connectivity index (χ4n) is 12.7. The smallest absolute Gasteiger partial charge is 0.338 e. The molecule has 6 N–H and O–H groups in total. The maximum atomic E-state index is 13.5. The molecule has 4 aliphatic carbocycles. The molecule has 15 atom stereocenters. The Labute approximate surface area is 280 Å². The number of ether oxygens (including phenoxy) is 4. The van der Waals surface area contributed by atoms with Crippen LogP contribution >= 0.6 is 0 Å². The lowest BCUT2D eigenvalue weighted by molar-refractivity contribution is -0.327. The van der Waals surface area contributed by atoms with Gasteiger partial charge in [-0.05, 0) is 69.6 Å². The number of piperidine rings is 2. The summed E-state index contributed by atoms with van der Waals surface area (Å²) < 4.78 is 23.5. The van der Waals surface area contributed by atoms with E-state index in [2.05, 4.69) is 11.8 Å². The molecule has 12 nitrogen and oxygen atoms in total. The highest BCUT2D eigenvalue weighted by molar-refractivity contribution is 5.90. The van der Waals surface area contributed by atoms with Gasteiger partial charge in [0.1, 0.15) is 17.3 Å². The van der Waals surface area contributed by atoms with Crippen molar-refractivity contribution in [1.29, 1.82) is 0 Å². The Bertz CT molecular complexity index is 1510. The molecule has 266 valence electrons. The highest BCUT2D eigenvalue weighted by Crippen LogP contribution is 2.78. The van der Waals surface area contributed by atoms with E-state index < -0.39 is 81.6 Å². The van der Waals surface area contributed by atoms with Crippen LogP contribution in [0.5, 0.6) is 11.5 Å². The summed E-state index contributed by atoms with van der Waals surface area (Å²) in [5, 5.41) is 74.2. The number of rotatable bonds is 4. The van der Waals surface area contributed by atoms with Gasteiger partial charge < -0.3 is 49.6 Å². The van der Waals surface area contributed by atoms with Gasteiger partial charge in [0, 0.05) is 54.6 Å². The summed E-state index contributed by atoms with van der Waals surface area (Å²) in [6.45, 7) is 6.93. The zero-order valence-corrected chi connectivity index (χ0v) is 28.5. The van der Waals surface area contributed by atoms with E-state index in [0.717, 1.165) is 19.4 Å². The number of carbonyl (C=O) groups excluding carboxylic acids is 1. The van der Waals surface area contributed by atoms with E-state index in [4.69, 9.17) is 18.9 Å². The van der Waals surface area contributed by atoms with Crippen LogP contribution in [0.25, 0.3) is 0 Å². The maximum Gasteiger partial charge on any atom is 0.338 e. The first-order valence-electron chi connectivity index (χ1n) is 17.7. The molecule has 0 unspecified atom stereocenters. The maximum absolute atomic E-state index is 13.5. The minimum absolute atomic E-state index is 0.0953. The largest absolute Gasteiger partial charge is 0.493 e. The second-order valence-corrected chi connectivity index (χ2v) is 16.7. The number of aliphatic hydroxyl groups is 6. The number of benzene rings is 1. The lowest BCUT2D eigenvalue weighted by Crippen LogP contribution is -2.81. The Kier molecular flexibility index (Phi) is 7.10. The van der Waals surface area contributed by atoms with Crippen molar-refractivity contribution in [2.45, 2.75) is 118 Å². The molecule has 12 heteroatoms. The van der Waals surface area contributed by atoms with Crippen LogP contribution in [0.3, 0.4) is 0 Å². The first kappa shape index (κ1) is 33.1. The molecule has 4 bridgehead atoms. The minimum atomic E-state index is -2.18. The number of aliphatic hydroxyl groups excluding tert-OH is 2. The van der Waals surface area contributed by atoms with Crippen molar-refractivity contribution in [3.8, 4) is 11.5 Å². The van der Waals surface area contributed by atoms with Crippen LogP contribution in [0.2, 0.25) is 0 Å². The number of esters is 1. The molecule has 48 heavy (non-hydrogen) atoms. The Balaban J connectivity index is 1.16. The summed E-state index contributed by atoms with van der Waals surface area (Å²) in [7, 11) is 2.97. The SMILES string of the molecule is COc1ccc(C(=O)O[C@H]2CC[C@@]3(C)[C@@H]4CC[C@H]5[C@]6(O)[C@@H](O)[C@H](O)[C@H]7[C@@H](CN8C[C@@H](C)CC[C@H]8[C@@]7(C)O)[C@@]6(O)C[C@]53O[C@]24O)cc1OC. The molecule has 8 rings (SSSR count). The van der Waals surface area contributed by atoms with Crippen molar-refractivity contribution in [3.05, 3.63) is 23.8 Å². The van der Waals surface area contributed by atoms with Crippen LogP contribution < -0.4 is 9.47 Å². The number of nitrogens with zero attached hydrogens (tertiary/aromatic N) is 1. The average molecular weight is 674 g/mol. The van der Waals surface area contributed by atoms with Crippen molar-refractivity contribution >= 4 is 5.97 Å². The molecule has 0 aromatic heterocycles. The highest BCUT2D eigenvalue weighted by Gasteiger charge is 2.88. The molecule has 4 saturated carbocycles. The fourth-order valence-corrected chi connectivity index (χ4v) is 12.7. The van der Waals surface area contributed by atoms with Crippen LogP contribution in [0, 0.1) is 35.0 Å². The van der Waals surface area contributed by atoms with Crippen LogP contribution in [0.1, 0.15) is 76.1 Å². The molecule has 7 aliphatic rings. The summed E-state index contributed by atoms with van der Waals surface area (Å²) in [5.74, 6) is -4.37. The number of carbonyl (C=O) groups is 1. The van der Waals surface area contributed by atoms with Gasteiger partial charge in [0.25, 0.3) is 0 Å². The second kappa shape index (κ2) is 10.3. The quantitative estimate of drug-likeness (QED) is 0.252. The molecule has 3 heterocycles. The van der Waals surface area contributed by atoms with Gasteiger partial charge in [-0.1, -0.05) is 13.8 Å². The standard InChI is InChI=1S/C36H51NO11/c1-18-6-11-25-32(3,41)27-20(16-37(25)15-18)33(42)17-34-24(35(33,43)29(39)28(27)38)10-9-23-31(34,2)13-12-26(36(23,44)48-34)47-30(40)19-7-8-21(45-4)22(14-19)46-5/h7-8,14,18,20,23-29,38-39,41-44H,6,9-13,15-17H2,1-5H3/t18-,20+,23-,24+,25-,26-,27+,28+,29-,31-,32+,33-,34-,35-,36-/m0/s1. The molecular weight excluding hydrogens is 622 g/mol. The normalized spacial score (nSPS) is 53.6. The van der Waals surface area contributed by atoms with Gasteiger partial charge in [-0.25, -0.2) is 4.79 Å². The molecule has 3 saturated heterocycles. The van der Waals surface area contributed by atoms with Crippen LogP contribution in [-0.2, 0) is 9.47 Å². The van der Waals surface area contributed by atoms with Gasteiger partial charge in [-0.3, -0.25) is 4.90 Å². The fraction of sp³-hybridized carbons (Fsp3) is 0.806. The first-order chi connectivity index (χ1) is 22.5. The van der Waals surface area contributed by atoms with E-state index in [0.29, 0.717) is 43.2 Å². The van der Waals surface area contributed by atoms with Crippen LogP contribution in [0.4, 0.5) is 0 Å². The molecule has 3 aliphatic heterocycles.